The molecule has 3 aromatic carbocycles. The van der Waals surface area contributed by atoms with Crippen LogP contribution in [0, 0.1) is 5.82 Å². The Kier molecular flexibility index (Phi) is 4.49. The highest BCUT2D eigenvalue weighted by Gasteiger charge is 2.16. The van der Waals surface area contributed by atoms with E-state index in [0.717, 1.165) is 10.8 Å². The number of fused-ring (bicyclic) bond motifs is 2. The molecule has 0 spiro atoms. The van der Waals surface area contributed by atoms with Crippen LogP contribution in [-0.4, -0.2) is 23.3 Å². The quantitative estimate of drug-likeness (QED) is 0.488. The number of ketones is 1. The first-order chi connectivity index (χ1) is 13.4. The van der Waals surface area contributed by atoms with Gasteiger partial charge in [0, 0.05) is 27.7 Å². The van der Waals surface area contributed by atoms with Gasteiger partial charge < -0.3 is 15.5 Å². The highest BCUT2D eigenvalue weighted by molar-refractivity contribution is 6.31. The number of benzene rings is 3. The van der Waals surface area contributed by atoms with Gasteiger partial charge in [-0.05, 0) is 53.2 Å². The number of ether oxygens (including phenoxy) is 1. The number of amides is 1. The number of rotatable bonds is 5. The van der Waals surface area contributed by atoms with E-state index in [-0.39, 0.29) is 23.7 Å². The zero-order chi connectivity index (χ0) is 19.8. The van der Waals surface area contributed by atoms with E-state index in [1.807, 2.05) is 0 Å². The van der Waals surface area contributed by atoms with Crippen molar-refractivity contribution in [2.75, 3.05) is 6.61 Å². The van der Waals surface area contributed by atoms with Crippen LogP contribution in [0.4, 0.5) is 4.39 Å². The van der Waals surface area contributed by atoms with Crippen LogP contribution in [0.3, 0.4) is 0 Å². The Bertz CT molecular complexity index is 1250. The number of carbonyl (C=O) groups excluding carboxylic acids is 2. The van der Waals surface area contributed by atoms with Crippen molar-refractivity contribution < 1.29 is 18.7 Å². The zero-order valence-electron chi connectivity index (χ0n) is 14.5. The van der Waals surface area contributed by atoms with Crippen molar-refractivity contribution in [3.05, 3.63) is 76.7 Å². The van der Waals surface area contributed by atoms with E-state index in [0.29, 0.717) is 21.5 Å². The van der Waals surface area contributed by atoms with Crippen LogP contribution in [0.5, 0.6) is 5.75 Å². The molecule has 3 N–H and O–H groups in total. The first kappa shape index (κ1) is 18.0. The molecule has 0 saturated heterocycles. The zero-order valence-corrected chi connectivity index (χ0v) is 15.2. The van der Waals surface area contributed by atoms with Gasteiger partial charge in [0.05, 0.1) is 5.56 Å². The second-order valence-electron chi connectivity index (χ2n) is 6.31. The fourth-order valence-corrected chi connectivity index (χ4v) is 3.29. The predicted molar refractivity (Wildman–Crippen MR) is 106 cm³/mol. The molecule has 0 aliphatic rings. The van der Waals surface area contributed by atoms with Crippen LogP contribution in [0.2, 0.25) is 5.02 Å². The van der Waals surface area contributed by atoms with Crippen LogP contribution in [-0.2, 0) is 0 Å². The van der Waals surface area contributed by atoms with E-state index < -0.39 is 11.7 Å². The summed E-state index contributed by atoms with van der Waals surface area (Å²) in [5.41, 5.74) is 6.51. The summed E-state index contributed by atoms with van der Waals surface area (Å²) < 4.78 is 18.9. The van der Waals surface area contributed by atoms with Gasteiger partial charge in [-0.25, -0.2) is 4.39 Å². The summed E-state index contributed by atoms with van der Waals surface area (Å²) in [6.45, 7) is -0.302. The number of hydrogen-bond donors (Lipinski definition) is 2. The van der Waals surface area contributed by atoms with E-state index in [2.05, 4.69) is 4.98 Å². The lowest BCUT2D eigenvalue weighted by molar-refractivity contribution is 0.0914. The van der Waals surface area contributed by atoms with Gasteiger partial charge in [0.25, 0.3) is 5.91 Å². The van der Waals surface area contributed by atoms with Crippen LogP contribution in [0.1, 0.15) is 20.7 Å². The highest BCUT2D eigenvalue weighted by Crippen LogP contribution is 2.28. The minimum atomic E-state index is -0.674. The number of Topliss-reactive ketones (excluding diaryl/α,β-unsaturated/α-hetero) is 1. The van der Waals surface area contributed by atoms with Gasteiger partial charge in [-0.1, -0.05) is 17.7 Å². The summed E-state index contributed by atoms with van der Waals surface area (Å²) in [6, 6.07) is 12.6. The molecular weight excluding hydrogens is 383 g/mol. The topological polar surface area (TPSA) is 85.2 Å². The Balaban J connectivity index is 1.64. The number of nitrogens with two attached hydrogens (primary N) is 1. The predicted octanol–water partition coefficient (Wildman–Crippen LogP) is 4.47. The molecule has 0 aliphatic carbocycles. The summed E-state index contributed by atoms with van der Waals surface area (Å²) in [7, 11) is 0. The van der Waals surface area contributed by atoms with Crippen molar-refractivity contribution >= 4 is 45.0 Å². The van der Waals surface area contributed by atoms with Crippen molar-refractivity contribution in [2.24, 2.45) is 5.73 Å². The lowest BCUT2D eigenvalue weighted by Gasteiger charge is -2.11. The van der Waals surface area contributed by atoms with Crippen molar-refractivity contribution in [1.29, 1.82) is 0 Å². The number of carbonyl (C=O) groups is 2. The van der Waals surface area contributed by atoms with Gasteiger partial charge >= 0.3 is 0 Å². The largest absolute Gasteiger partial charge is 0.485 e. The van der Waals surface area contributed by atoms with Gasteiger partial charge in [-0.3, -0.25) is 9.59 Å². The standard InChI is InChI=1S/C21H14ClFN2O3/c22-13-2-1-11-7-20(16(21(24)27)6-12(11)5-13)28-10-19(26)17-9-25-18-8-14(23)3-4-15(17)18/h1-9,25H,10H2,(H2,24,27). The summed E-state index contributed by atoms with van der Waals surface area (Å²) >= 11 is 5.99. The molecule has 7 heteroatoms. The second kappa shape index (κ2) is 6.98. The molecule has 140 valence electrons. The van der Waals surface area contributed by atoms with Crippen LogP contribution in [0.15, 0.2) is 54.7 Å². The number of nitrogens with one attached hydrogen (secondary N) is 1. The lowest BCUT2D eigenvalue weighted by Crippen LogP contribution is -2.16. The normalized spacial score (nSPS) is 11.1. The average molecular weight is 397 g/mol. The van der Waals surface area contributed by atoms with Crippen molar-refractivity contribution in [1.82, 2.24) is 4.98 Å². The molecule has 1 heterocycles. The van der Waals surface area contributed by atoms with E-state index in [4.69, 9.17) is 22.1 Å². The van der Waals surface area contributed by atoms with Crippen LogP contribution < -0.4 is 10.5 Å². The Hall–Kier alpha value is -3.38. The molecule has 4 aromatic rings. The molecule has 0 atom stereocenters. The molecule has 0 bridgehead atoms. The molecule has 0 aliphatic heterocycles. The molecule has 1 amide bonds. The van der Waals surface area contributed by atoms with Crippen LogP contribution in [0.25, 0.3) is 21.7 Å². The molecular formula is C21H14ClFN2O3. The Morgan fingerprint density at radius 2 is 1.86 bits per heavy atom. The number of aromatic amines is 1. The fourth-order valence-electron chi connectivity index (χ4n) is 3.11. The summed E-state index contributed by atoms with van der Waals surface area (Å²) in [4.78, 5) is 27.3. The summed E-state index contributed by atoms with van der Waals surface area (Å²) in [5.74, 6) is -1.18. The third-order valence-corrected chi connectivity index (χ3v) is 4.70. The molecule has 1 aromatic heterocycles. The minimum Gasteiger partial charge on any atom is -0.485 e. The maximum absolute atomic E-state index is 13.3. The maximum Gasteiger partial charge on any atom is 0.252 e. The maximum atomic E-state index is 13.3. The number of hydrogen-bond acceptors (Lipinski definition) is 3. The average Bonchev–Trinajstić information content (AvgIpc) is 3.08. The van der Waals surface area contributed by atoms with E-state index in [1.54, 1.807) is 30.3 Å². The molecule has 0 radical (unpaired) electrons. The van der Waals surface area contributed by atoms with Gasteiger partial charge in [0.15, 0.2) is 6.61 Å². The van der Waals surface area contributed by atoms with Gasteiger partial charge in [0.2, 0.25) is 5.78 Å². The van der Waals surface area contributed by atoms with Gasteiger partial charge in [-0.2, -0.15) is 0 Å². The van der Waals surface area contributed by atoms with E-state index in [1.165, 1.54) is 24.4 Å². The van der Waals surface area contributed by atoms with Gasteiger partial charge in [-0.15, -0.1) is 0 Å². The van der Waals surface area contributed by atoms with Crippen molar-refractivity contribution in [2.45, 2.75) is 0 Å². The smallest absolute Gasteiger partial charge is 0.252 e. The van der Waals surface area contributed by atoms with Gasteiger partial charge in [0.1, 0.15) is 11.6 Å². The summed E-state index contributed by atoms with van der Waals surface area (Å²) in [5, 5.41) is 2.65. The summed E-state index contributed by atoms with van der Waals surface area (Å²) in [6.07, 6.45) is 1.51. The monoisotopic (exact) mass is 396 g/mol. The Labute approximate surface area is 163 Å². The molecule has 0 saturated carbocycles. The Morgan fingerprint density at radius 1 is 1.04 bits per heavy atom. The second-order valence-corrected chi connectivity index (χ2v) is 6.74. The molecule has 4 rings (SSSR count). The molecule has 0 fully saturated rings. The minimum absolute atomic E-state index is 0.156. The van der Waals surface area contributed by atoms with E-state index in [9.17, 15) is 14.0 Å². The van der Waals surface area contributed by atoms with Crippen molar-refractivity contribution in [3.8, 4) is 5.75 Å². The van der Waals surface area contributed by atoms with Crippen molar-refractivity contribution in [3.63, 3.8) is 0 Å². The SMILES string of the molecule is NC(=O)c1cc2cc(Cl)ccc2cc1OCC(=O)c1c[nH]c2cc(F)ccc12. The third kappa shape index (κ3) is 3.30. The highest BCUT2D eigenvalue weighted by atomic mass is 35.5. The number of aromatic nitrogens is 1. The molecule has 28 heavy (non-hydrogen) atoms. The first-order valence-electron chi connectivity index (χ1n) is 8.38. The lowest BCUT2D eigenvalue weighted by atomic mass is 10.1. The number of primary amides is 1. The number of H-pyrrole nitrogens is 1. The van der Waals surface area contributed by atoms with E-state index >= 15 is 0 Å². The number of halogens is 2. The fraction of sp³-hybridized carbons (Fsp3) is 0.0476. The molecule has 5 nitrogen and oxygen atoms in total. The first-order valence-corrected chi connectivity index (χ1v) is 8.76. The molecule has 0 unspecified atom stereocenters. The third-order valence-electron chi connectivity index (χ3n) is 4.47. The van der Waals surface area contributed by atoms with Crippen LogP contribution >= 0.6 is 11.6 Å². The Morgan fingerprint density at radius 3 is 2.64 bits per heavy atom.